The van der Waals surface area contributed by atoms with E-state index in [1.165, 1.54) is 36.4 Å². The maximum Gasteiger partial charge on any atom is 0.206 e. The highest BCUT2D eigenvalue weighted by molar-refractivity contribution is 7.91. The van der Waals surface area contributed by atoms with Crippen molar-refractivity contribution >= 4 is 32.0 Å². The maximum atomic E-state index is 13.0. The Morgan fingerprint density at radius 2 is 1.50 bits per heavy atom. The summed E-state index contributed by atoms with van der Waals surface area (Å²) in [7, 11) is -3.85. The molecule has 0 aliphatic heterocycles. The molecule has 0 unspecified atom stereocenters. The third-order valence-electron chi connectivity index (χ3n) is 4.84. The van der Waals surface area contributed by atoms with Crippen LogP contribution in [-0.4, -0.2) is 25.2 Å². The summed E-state index contributed by atoms with van der Waals surface area (Å²) in [5, 5.41) is 30.1. The Hall–Kier alpha value is -3.91. The van der Waals surface area contributed by atoms with E-state index in [2.05, 4.69) is 10.2 Å². The SMILES string of the molecule is CCOc1ccc(S(=O)(=O)c2ccc(O)c(/N=N/c3c(O)ccc4ccccc34)c2)cc1. The van der Waals surface area contributed by atoms with Crippen molar-refractivity contribution in [2.75, 3.05) is 6.61 Å². The molecule has 0 saturated carbocycles. The second kappa shape index (κ2) is 8.68. The van der Waals surface area contributed by atoms with Gasteiger partial charge in [0.1, 0.15) is 28.6 Å². The molecule has 2 N–H and O–H groups in total. The fourth-order valence-corrected chi connectivity index (χ4v) is 4.50. The van der Waals surface area contributed by atoms with Crippen molar-refractivity contribution in [2.45, 2.75) is 16.7 Å². The third kappa shape index (κ3) is 4.13. The van der Waals surface area contributed by atoms with Crippen molar-refractivity contribution in [3.8, 4) is 17.2 Å². The molecular weight excluding hydrogens is 428 g/mol. The predicted molar refractivity (Wildman–Crippen MR) is 121 cm³/mol. The van der Waals surface area contributed by atoms with E-state index in [0.29, 0.717) is 17.7 Å². The maximum absolute atomic E-state index is 13.0. The van der Waals surface area contributed by atoms with Crippen LogP contribution in [-0.2, 0) is 9.84 Å². The van der Waals surface area contributed by atoms with E-state index >= 15 is 0 Å². The van der Waals surface area contributed by atoms with Crippen LogP contribution in [0.4, 0.5) is 11.4 Å². The van der Waals surface area contributed by atoms with Gasteiger partial charge in [-0.1, -0.05) is 30.3 Å². The third-order valence-corrected chi connectivity index (χ3v) is 6.61. The molecule has 0 amide bonds. The summed E-state index contributed by atoms with van der Waals surface area (Å²) in [5.74, 6) is 0.255. The van der Waals surface area contributed by atoms with Gasteiger partial charge in [0.25, 0.3) is 0 Å². The summed E-state index contributed by atoms with van der Waals surface area (Å²) in [4.78, 5) is 0.0387. The molecule has 8 heteroatoms. The zero-order valence-corrected chi connectivity index (χ0v) is 18.0. The Kier molecular flexibility index (Phi) is 5.79. The lowest BCUT2D eigenvalue weighted by atomic mass is 10.1. The average Bonchev–Trinajstić information content (AvgIpc) is 2.80. The highest BCUT2D eigenvalue weighted by Gasteiger charge is 2.19. The number of phenols is 2. The van der Waals surface area contributed by atoms with Crippen molar-refractivity contribution in [1.82, 2.24) is 0 Å². The number of azo groups is 1. The van der Waals surface area contributed by atoms with Gasteiger partial charge < -0.3 is 14.9 Å². The van der Waals surface area contributed by atoms with Crippen molar-refractivity contribution < 1.29 is 23.4 Å². The second-order valence-corrected chi connectivity index (χ2v) is 8.86. The molecule has 0 bridgehead atoms. The summed E-state index contributed by atoms with van der Waals surface area (Å²) >= 11 is 0. The van der Waals surface area contributed by atoms with Crippen molar-refractivity contribution in [1.29, 1.82) is 0 Å². The lowest BCUT2D eigenvalue weighted by Crippen LogP contribution is -2.02. The summed E-state index contributed by atoms with van der Waals surface area (Å²) in [6.45, 7) is 2.32. The van der Waals surface area contributed by atoms with E-state index in [4.69, 9.17) is 4.74 Å². The van der Waals surface area contributed by atoms with Crippen LogP contribution in [0.3, 0.4) is 0 Å². The van der Waals surface area contributed by atoms with E-state index in [9.17, 15) is 18.6 Å². The molecule has 0 radical (unpaired) electrons. The fraction of sp³-hybridized carbons (Fsp3) is 0.0833. The van der Waals surface area contributed by atoms with Crippen molar-refractivity contribution in [3.63, 3.8) is 0 Å². The van der Waals surface area contributed by atoms with E-state index < -0.39 is 9.84 Å². The molecule has 4 aromatic carbocycles. The molecule has 0 saturated heterocycles. The Bertz CT molecular complexity index is 1410. The first-order chi connectivity index (χ1) is 15.4. The van der Waals surface area contributed by atoms with Gasteiger partial charge in [-0.05, 0) is 60.8 Å². The van der Waals surface area contributed by atoms with Crippen LogP contribution in [0.15, 0.2) is 98.9 Å². The summed E-state index contributed by atoms with van der Waals surface area (Å²) in [5.41, 5.74) is 0.187. The van der Waals surface area contributed by atoms with Gasteiger partial charge in [0.15, 0.2) is 0 Å². The van der Waals surface area contributed by atoms with Gasteiger partial charge in [-0.25, -0.2) is 8.42 Å². The Labute approximate surface area is 185 Å². The van der Waals surface area contributed by atoms with Crippen LogP contribution in [0, 0.1) is 0 Å². The normalized spacial score (nSPS) is 11.8. The topological polar surface area (TPSA) is 109 Å². The number of ether oxygens (including phenoxy) is 1. The quantitative estimate of drug-likeness (QED) is 0.357. The zero-order chi connectivity index (χ0) is 22.7. The number of fused-ring (bicyclic) bond motifs is 1. The van der Waals surface area contributed by atoms with Crippen LogP contribution in [0.2, 0.25) is 0 Å². The van der Waals surface area contributed by atoms with Crippen LogP contribution in [0.25, 0.3) is 10.8 Å². The lowest BCUT2D eigenvalue weighted by molar-refractivity contribution is 0.340. The highest BCUT2D eigenvalue weighted by atomic mass is 32.2. The van der Waals surface area contributed by atoms with Gasteiger partial charge in [0.05, 0.1) is 16.4 Å². The number of aromatic hydroxyl groups is 2. The summed E-state index contributed by atoms with van der Waals surface area (Å²) in [6.07, 6.45) is 0. The number of rotatable bonds is 6. The first-order valence-corrected chi connectivity index (χ1v) is 11.3. The second-order valence-electron chi connectivity index (χ2n) is 6.91. The van der Waals surface area contributed by atoms with Gasteiger partial charge in [0.2, 0.25) is 9.84 Å². The average molecular weight is 449 g/mol. The Morgan fingerprint density at radius 3 is 2.25 bits per heavy atom. The molecule has 0 aliphatic carbocycles. The monoisotopic (exact) mass is 448 g/mol. The minimum atomic E-state index is -3.85. The van der Waals surface area contributed by atoms with Gasteiger partial charge in [-0.2, -0.15) is 0 Å². The van der Waals surface area contributed by atoms with Crippen LogP contribution in [0.5, 0.6) is 17.2 Å². The first kappa shape index (κ1) is 21.3. The smallest absolute Gasteiger partial charge is 0.206 e. The van der Waals surface area contributed by atoms with E-state index in [1.807, 2.05) is 25.1 Å². The Morgan fingerprint density at radius 1 is 0.812 bits per heavy atom. The van der Waals surface area contributed by atoms with Gasteiger partial charge in [-0.3, -0.25) is 0 Å². The van der Waals surface area contributed by atoms with Crippen LogP contribution in [0.1, 0.15) is 6.92 Å². The highest BCUT2D eigenvalue weighted by Crippen LogP contribution is 2.38. The fourth-order valence-electron chi connectivity index (χ4n) is 3.22. The molecule has 0 atom stereocenters. The number of benzene rings is 4. The molecule has 4 rings (SSSR count). The molecule has 4 aromatic rings. The largest absolute Gasteiger partial charge is 0.506 e. The van der Waals surface area contributed by atoms with Gasteiger partial charge in [-0.15, -0.1) is 10.2 Å². The molecule has 0 heterocycles. The molecule has 7 nitrogen and oxygen atoms in total. The molecule has 0 aliphatic rings. The predicted octanol–water partition coefficient (Wildman–Crippen LogP) is 5.90. The number of hydrogen-bond acceptors (Lipinski definition) is 7. The van der Waals surface area contributed by atoms with Gasteiger partial charge >= 0.3 is 0 Å². The summed E-state index contributed by atoms with van der Waals surface area (Å²) in [6, 6.07) is 20.5. The number of hydrogen-bond donors (Lipinski definition) is 2. The number of nitrogens with zero attached hydrogens (tertiary/aromatic N) is 2. The minimum absolute atomic E-state index is 0.0376. The summed E-state index contributed by atoms with van der Waals surface area (Å²) < 4.78 is 31.4. The standard InChI is InChI=1S/C24H20N2O5S/c1-2-31-17-8-10-18(11-9-17)32(29,30)19-12-14-22(27)21(15-19)25-26-24-20-6-4-3-5-16(20)7-13-23(24)28/h3-15,27-28H,2H2,1H3/b26-25+. The lowest BCUT2D eigenvalue weighted by Gasteiger charge is -2.08. The first-order valence-electron chi connectivity index (χ1n) is 9.83. The molecule has 0 spiro atoms. The van der Waals surface area contributed by atoms with Gasteiger partial charge in [0, 0.05) is 5.39 Å². The molecular formula is C24H20N2O5S. The Balaban J connectivity index is 1.72. The zero-order valence-electron chi connectivity index (χ0n) is 17.1. The van der Waals surface area contributed by atoms with E-state index in [0.717, 1.165) is 5.39 Å². The molecule has 32 heavy (non-hydrogen) atoms. The molecule has 162 valence electrons. The van der Waals surface area contributed by atoms with E-state index in [-0.39, 0.29) is 32.7 Å². The number of phenolic OH excluding ortho intramolecular Hbond substituents is 2. The minimum Gasteiger partial charge on any atom is -0.506 e. The van der Waals surface area contributed by atoms with Crippen LogP contribution >= 0.6 is 0 Å². The van der Waals surface area contributed by atoms with Crippen molar-refractivity contribution in [3.05, 3.63) is 78.9 Å². The van der Waals surface area contributed by atoms with Crippen LogP contribution < -0.4 is 4.74 Å². The van der Waals surface area contributed by atoms with E-state index in [1.54, 1.807) is 24.3 Å². The molecule has 0 aromatic heterocycles. The van der Waals surface area contributed by atoms with Crippen molar-refractivity contribution in [2.24, 2.45) is 10.2 Å². The molecule has 0 fully saturated rings. The number of sulfone groups is 1.